The molecule has 2 fully saturated rings. The number of carbonyl (C=O) groups is 3. The van der Waals surface area contributed by atoms with Crippen LogP contribution in [0.3, 0.4) is 0 Å². The molecule has 2 aliphatic rings. The van der Waals surface area contributed by atoms with Crippen LogP contribution in [-0.4, -0.2) is 71.8 Å². The van der Waals surface area contributed by atoms with Gasteiger partial charge in [-0.05, 0) is 23.8 Å². The smallest absolute Gasteiger partial charge is 0.319 e. The Morgan fingerprint density at radius 1 is 1.14 bits per heavy atom. The second-order valence-electron chi connectivity index (χ2n) is 9.30. The number of carbonyl (C=O) groups excluding carboxylic acids is 3. The van der Waals surface area contributed by atoms with E-state index >= 15 is 0 Å². The number of rotatable bonds is 4. The SMILES string of the molecule is CN(C)C(=O)N1CC2(C1)C(=O)N(c1ccc(C#N)c(F)c1)CC(=O)N2Cc1ccc(C(C)(F)F)cc1. The zero-order valence-electron chi connectivity index (χ0n) is 20.0. The minimum Gasteiger partial charge on any atom is -0.331 e. The van der Waals surface area contributed by atoms with Crippen LogP contribution in [0.5, 0.6) is 0 Å². The minimum atomic E-state index is -3.02. The van der Waals surface area contributed by atoms with E-state index in [4.69, 9.17) is 5.26 Å². The van der Waals surface area contributed by atoms with E-state index in [1.807, 2.05) is 0 Å². The molecule has 2 aliphatic heterocycles. The van der Waals surface area contributed by atoms with Crippen LogP contribution in [0.2, 0.25) is 0 Å². The second-order valence-corrected chi connectivity index (χ2v) is 9.30. The zero-order valence-corrected chi connectivity index (χ0v) is 20.0. The number of amides is 4. The van der Waals surface area contributed by atoms with Crippen LogP contribution in [0.4, 0.5) is 23.7 Å². The third-order valence-electron chi connectivity index (χ3n) is 6.50. The van der Waals surface area contributed by atoms with Crippen LogP contribution >= 0.6 is 0 Å². The predicted molar refractivity (Wildman–Crippen MR) is 123 cm³/mol. The maximum atomic E-state index is 14.3. The van der Waals surface area contributed by atoms with Crippen LogP contribution in [0.15, 0.2) is 42.5 Å². The van der Waals surface area contributed by atoms with Crippen molar-refractivity contribution in [3.63, 3.8) is 0 Å². The van der Waals surface area contributed by atoms with Crippen molar-refractivity contribution in [3.05, 3.63) is 65.0 Å². The second kappa shape index (κ2) is 8.86. The van der Waals surface area contributed by atoms with Gasteiger partial charge in [-0.1, -0.05) is 24.3 Å². The molecule has 4 amide bonds. The molecule has 36 heavy (non-hydrogen) atoms. The molecule has 4 rings (SSSR count). The summed E-state index contributed by atoms with van der Waals surface area (Å²) in [5.41, 5.74) is -1.12. The Balaban J connectivity index is 1.67. The summed E-state index contributed by atoms with van der Waals surface area (Å²) >= 11 is 0. The third-order valence-corrected chi connectivity index (χ3v) is 6.50. The Morgan fingerprint density at radius 3 is 2.31 bits per heavy atom. The lowest BCUT2D eigenvalue weighted by molar-refractivity contribution is -0.162. The molecule has 0 aromatic heterocycles. The average molecular weight is 499 g/mol. The molecule has 188 valence electrons. The number of likely N-dealkylation sites (tertiary alicyclic amines) is 1. The highest BCUT2D eigenvalue weighted by Gasteiger charge is 2.61. The van der Waals surface area contributed by atoms with Gasteiger partial charge in [0.1, 0.15) is 18.4 Å². The number of hydrogen-bond donors (Lipinski definition) is 0. The number of nitriles is 1. The van der Waals surface area contributed by atoms with Crippen LogP contribution in [-0.2, 0) is 22.1 Å². The number of benzene rings is 2. The molecular weight excluding hydrogens is 475 g/mol. The van der Waals surface area contributed by atoms with Gasteiger partial charge in [0, 0.05) is 38.8 Å². The summed E-state index contributed by atoms with van der Waals surface area (Å²) in [5.74, 6) is -4.78. The molecule has 2 saturated heterocycles. The summed E-state index contributed by atoms with van der Waals surface area (Å²) in [6, 6.07) is 10.5. The monoisotopic (exact) mass is 499 g/mol. The van der Waals surface area contributed by atoms with Crippen molar-refractivity contribution >= 4 is 23.5 Å². The number of piperazine rings is 1. The van der Waals surface area contributed by atoms with Crippen LogP contribution in [0.1, 0.15) is 23.6 Å². The van der Waals surface area contributed by atoms with Gasteiger partial charge >= 0.3 is 6.03 Å². The summed E-state index contributed by atoms with van der Waals surface area (Å²) in [5, 5.41) is 8.99. The molecule has 2 aromatic carbocycles. The van der Waals surface area contributed by atoms with E-state index in [0.717, 1.165) is 17.9 Å². The van der Waals surface area contributed by atoms with E-state index in [1.54, 1.807) is 20.2 Å². The summed E-state index contributed by atoms with van der Waals surface area (Å²) in [6.45, 7) is 0.234. The van der Waals surface area contributed by atoms with Gasteiger partial charge in [0.15, 0.2) is 5.54 Å². The van der Waals surface area contributed by atoms with E-state index in [-0.39, 0.29) is 49.0 Å². The molecule has 0 unspecified atom stereocenters. The van der Waals surface area contributed by atoms with Crippen molar-refractivity contribution in [3.8, 4) is 6.07 Å². The molecule has 0 radical (unpaired) electrons. The standard InChI is InChI=1S/C25H24F3N5O3/c1-24(27,28)18-7-4-16(5-8-18)12-33-21(34)13-32(19-9-6-17(11-29)20(26)10-19)22(35)25(33)14-31(15-25)23(36)30(2)3/h4-10H,12-15H2,1-3H3. The Kier molecular flexibility index (Phi) is 6.16. The predicted octanol–water partition coefficient (Wildman–Crippen LogP) is 2.92. The normalized spacial score (nSPS) is 17.2. The molecule has 2 aromatic rings. The molecule has 0 N–H and O–H groups in total. The number of urea groups is 1. The van der Waals surface area contributed by atoms with E-state index in [2.05, 4.69) is 0 Å². The first-order valence-corrected chi connectivity index (χ1v) is 11.1. The third kappa shape index (κ3) is 4.23. The topological polar surface area (TPSA) is 88.0 Å². The lowest BCUT2D eigenvalue weighted by atomic mass is 9.83. The summed E-state index contributed by atoms with van der Waals surface area (Å²) in [7, 11) is 3.13. The number of hydrogen-bond acceptors (Lipinski definition) is 4. The number of nitrogens with zero attached hydrogens (tertiary/aromatic N) is 5. The molecule has 0 saturated carbocycles. The van der Waals surface area contributed by atoms with Crippen molar-refractivity contribution in [1.29, 1.82) is 5.26 Å². The van der Waals surface area contributed by atoms with Crippen LogP contribution in [0, 0.1) is 17.1 Å². The highest BCUT2D eigenvalue weighted by atomic mass is 19.3. The lowest BCUT2D eigenvalue weighted by Crippen LogP contribution is -2.81. The van der Waals surface area contributed by atoms with Crippen LogP contribution in [0.25, 0.3) is 0 Å². The zero-order chi connectivity index (χ0) is 26.4. The first-order valence-electron chi connectivity index (χ1n) is 11.1. The molecule has 11 heteroatoms. The lowest BCUT2D eigenvalue weighted by Gasteiger charge is -2.58. The van der Waals surface area contributed by atoms with E-state index < -0.39 is 29.1 Å². The van der Waals surface area contributed by atoms with Gasteiger partial charge in [0.05, 0.1) is 18.7 Å². The molecule has 1 spiro atoms. The van der Waals surface area contributed by atoms with Gasteiger partial charge < -0.3 is 19.6 Å². The highest BCUT2D eigenvalue weighted by Crippen LogP contribution is 2.37. The Bertz CT molecular complexity index is 1260. The average Bonchev–Trinajstić information content (AvgIpc) is 2.79. The highest BCUT2D eigenvalue weighted by molar-refractivity contribution is 6.10. The molecule has 0 aliphatic carbocycles. The molecule has 2 heterocycles. The van der Waals surface area contributed by atoms with Crippen molar-refractivity contribution in [1.82, 2.24) is 14.7 Å². The van der Waals surface area contributed by atoms with Crippen molar-refractivity contribution in [2.45, 2.75) is 24.9 Å². The number of anilines is 1. The Labute approximate surface area is 206 Å². The molecular formula is C25H24F3N5O3. The van der Waals surface area contributed by atoms with Gasteiger partial charge in [-0.3, -0.25) is 9.59 Å². The van der Waals surface area contributed by atoms with Crippen molar-refractivity contribution < 1.29 is 27.6 Å². The molecule has 0 bridgehead atoms. The van der Waals surface area contributed by atoms with E-state index in [9.17, 15) is 27.6 Å². The van der Waals surface area contributed by atoms with Gasteiger partial charge in [-0.15, -0.1) is 0 Å². The Morgan fingerprint density at radius 2 is 1.78 bits per heavy atom. The van der Waals surface area contributed by atoms with Gasteiger partial charge in [0.25, 0.3) is 11.8 Å². The fourth-order valence-corrected chi connectivity index (χ4v) is 4.50. The van der Waals surface area contributed by atoms with Crippen molar-refractivity contribution in [2.75, 3.05) is 38.6 Å². The van der Waals surface area contributed by atoms with Crippen molar-refractivity contribution in [2.24, 2.45) is 0 Å². The summed E-state index contributed by atoms with van der Waals surface area (Å²) < 4.78 is 41.5. The minimum absolute atomic E-state index is 0.0281. The fourth-order valence-electron chi connectivity index (χ4n) is 4.50. The van der Waals surface area contributed by atoms with Gasteiger partial charge in [0.2, 0.25) is 5.91 Å². The van der Waals surface area contributed by atoms with Crippen LogP contribution < -0.4 is 4.90 Å². The quantitative estimate of drug-likeness (QED) is 0.647. The van der Waals surface area contributed by atoms with Gasteiger partial charge in [-0.25, -0.2) is 18.0 Å². The first kappa shape index (κ1) is 25.0. The largest absolute Gasteiger partial charge is 0.331 e. The maximum Gasteiger partial charge on any atom is 0.319 e. The number of alkyl halides is 2. The summed E-state index contributed by atoms with van der Waals surface area (Å²) in [6.07, 6.45) is 0. The first-order chi connectivity index (χ1) is 16.9. The van der Waals surface area contributed by atoms with E-state index in [0.29, 0.717) is 5.56 Å². The number of halogens is 3. The van der Waals surface area contributed by atoms with E-state index in [1.165, 1.54) is 51.1 Å². The Hall–Kier alpha value is -4.07. The van der Waals surface area contributed by atoms with Gasteiger partial charge in [-0.2, -0.15) is 5.26 Å². The molecule has 8 nitrogen and oxygen atoms in total. The molecule has 0 atom stereocenters. The fraction of sp³-hybridized carbons (Fsp3) is 0.360. The maximum absolute atomic E-state index is 14.3. The summed E-state index contributed by atoms with van der Waals surface area (Å²) in [4.78, 5) is 44.9.